The molecule has 0 amide bonds. The Morgan fingerprint density at radius 3 is 2.32 bits per heavy atom. The second-order valence-corrected chi connectivity index (χ2v) is 5.57. The van der Waals surface area contributed by atoms with Crippen LogP contribution in [0.3, 0.4) is 0 Å². The predicted molar refractivity (Wildman–Crippen MR) is 80.8 cm³/mol. The van der Waals surface area contributed by atoms with Gasteiger partial charge in [0.1, 0.15) is 11.6 Å². The lowest BCUT2D eigenvalue weighted by Crippen LogP contribution is -2.12. The van der Waals surface area contributed by atoms with Gasteiger partial charge in [-0.15, -0.1) is 0 Å². The Morgan fingerprint density at radius 2 is 1.74 bits per heavy atom. The third kappa shape index (κ3) is 3.46. The zero-order valence-corrected chi connectivity index (χ0v) is 12.6. The van der Waals surface area contributed by atoms with Crippen molar-refractivity contribution in [1.29, 1.82) is 0 Å². The second-order valence-electron chi connectivity index (χ2n) is 5.57. The molecule has 1 aliphatic rings. The number of rotatable bonds is 4. The first-order chi connectivity index (χ1) is 9.26. The van der Waals surface area contributed by atoms with Crippen LogP contribution in [0, 0.1) is 6.92 Å². The molecule has 1 aromatic rings. The Kier molecular flexibility index (Phi) is 5.17. The van der Waals surface area contributed by atoms with Crippen molar-refractivity contribution >= 4 is 5.82 Å². The Balaban J connectivity index is 2.29. The van der Waals surface area contributed by atoms with Gasteiger partial charge in [0.25, 0.3) is 0 Å². The molecule has 0 bridgehead atoms. The number of anilines is 1. The van der Waals surface area contributed by atoms with Crippen molar-refractivity contribution in [2.24, 2.45) is 0 Å². The van der Waals surface area contributed by atoms with Crippen molar-refractivity contribution in [3.63, 3.8) is 0 Å². The van der Waals surface area contributed by atoms with Crippen LogP contribution in [-0.4, -0.2) is 16.5 Å². The van der Waals surface area contributed by atoms with E-state index in [4.69, 9.17) is 9.97 Å². The van der Waals surface area contributed by atoms with Crippen LogP contribution < -0.4 is 5.32 Å². The maximum absolute atomic E-state index is 4.84. The van der Waals surface area contributed by atoms with E-state index in [1.165, 1.54) is 44.1 Å². The molecule has 0 aromatic carbocycles. The minimum atomic E-state index is 0.574. The summed E-state index contributed by atoms with van der Waals surface area (Å²) in [6.45, 7) is 7.36. The minimum Gasteiger partial charge on any atom is -0.370 e. The largest absolute Gasteiger partial charge is 0.370 e. The number of aromatic nitrogens is 2. The van der Waals surface area contributed by atoms with Crippen LogP contribution in [0.25, 0.3) is 0 Å². The smallest absolute Gasteiger partial charge is 0.134 e. The molecule has 0 spiro atoms. The highest BCUT2D eigenvalue weighted by molar-refractivity contribution is 5.46. The van der Waals surface area contributed by atoms with Gasteiger partial charge in [0.15, 0.2) is 0 Å². The van der Waals surface area contributed by atoms with E-state index >= 15 is 0 Å². The highest BCUT2D eigenvalue weighted by atomic mass is 15.0. The SMILES string of the molecule is CCNc1nc(C2CCCCCC2)nc(C)c1CC. The molecule has 106 valence electrons. The molecule has 1 saturated carbocycles. The molecule has 0 atom stereocenters. The molecule has 19 heavy (non-hydrogen) atoms. The number of hydrogen-bond donors (Lipinski definition) is 1. The Hall–Kier alpha value is -1.12. The number of aryl methyl sites for hydroxylation is 1. The van der Waals surface area contributed by atoms with Crippen LogP contribution in [0.2, 0.25) is 0 Å². The van der Waals surface area contributed by atoms with Crippen molar-refractivity contribution in [3.05, 3.63) is 17.1 Å². The lowest BCUT2D eigenvalue weighted by atomic mass is 9.99. The van der Waals surface area contributed by atoms with Crippen molar-refractivity contribution in [2.75, 3.05) is 11.9 Å². The van der Waals surface area contributed by atoms with E-state index in [0.717, 1.165) is 30.3 Å². The minimum absolute atomic E-state index is 0.574. The lowest BCUT2D eigenvalue weighted by Gasteiger charge is -2.17. The van der Waals surface area contributed by atoms with Gasteiger partial charge in [0.05, 0.1) is 0 Å². The van der Waals surface area contributed by atoms with Crippen LogP contribution >= 0.6 is 0 Å². The zero-order valence-electron chi connectivity index (χ0n) is 12.6. The highest BCUT2D eigenvalue weighted by Crippen LogP contribution is 2.31. The summed E-state index contributed by atoms with van der Waals surface area (Å²) in [6.07, 6.45) is 8.94. The maximum atomic E-state index is 4.84. The van der Waals surface area contributed by atoms with Crippen LogP contribution in [0.15, 0.2) is 0 Å². The summed E-state index contributed by atoms with van der Waals surface area (Å²) in [5.41, 5.74) is 2.44. The van der Waals surface area contributed by atoms with Gasteiger partial charge in [-0.3, -0.25) is 0 Å². The van der Waals surface area contributed by atoms with Gasteiger partial charge in [-0.2, -0.15) is 0 Å². The fourth-order valence-corrected chi connectivity index (χ4v) is 3.07. The molecule has 3 heteroatoms. The first-order valence-corrected chi connectivity index (χ1v) is 7.87. The van der Waals surface area contributed by atoms with E-state index in [1.807, 2.05) is 0 Å². The molecule has 1 aliphatic carbocycles. The maximum Gasteiger partial charge on any atom is 0.134 e. The van der Waals surface area contributed by atoms with Gasteiger partial charge in [0.2, 0.25) is 0 Å². The van der Waals surface area contributed by atoms with Crippen LogP contribution in [0.5, 0.6) is 0 Å². The van der Waals surface area contributed by atoms with Crippen molar-refractivity contribution in [1.82, 2.24) is 9.97 Å². The van der Waals surface area contributed by atoms with Crippen LogP contribution in [0.4, 0.5) is 5.82 Å². The molecular formula is C16H27N3. The average Bonchev–Trinajstić information content (AvgIpc) is 2.67. The first kappa shape index (κ1) is 14.3. The summed E-state index contributed by atoms with van der Waals surface area (Å²) in [7, 11) is 0. The fourth-order valence-electron chi connectivity index (χ4n) is 3.07. The summed E-state index contributed by atoms with van der Waals surface area (Å²) < 4.78 is 0. The van der Waals surface area contributed by atoms with Crippen LogP contribution in [-0.2, 0) is 6.42 Å². The standard InChI is InChI=1S/C16H27N3/c1-4-14-12(3)18-15(19-16(14)17-5-2)13-10-8-6-7-9-11-13/h13H,4-11H2,1-3H3,(H,17,18,19). The molecule has 0 saturated heterocycles. The summed E-state index contributed by atoms with van der Waals surface area (Å²) in [5, 5.41) is 3.41. The second kappa shape index (κ2) is 6.88. The third-order valence-corrected chi connectivity index (χ3v) is 4.15. The molecule has 1 aromatic heterocycles. The predicted octanol–water partition coefficient (Wildman–Crippen LogP) is 4.22. The van der Waals surface area contributed by atoms with Gasteiger partial charge in [-0.25, -0.2) is 9.97 Å². The third-order valence-electron chi connectivity index (χ3n) is 4.15. The molecule has 0 aliphatic heterocycles. The van der Waals surface area contributed by atoms with Gasteiger partial charge in [0, 0.05) is 23.7 Å². The summed E-state index contributed by atoms with van der Waals surface area (Å²) >= 11 is 0. The molecule has 0 unspecified atom stereocenters. The van der Waals surface area contributed by atoms with E-state index in [0.29, 0.717) is 5.92 Å². The van der Waals surface area contributed by atoms with Crippen molar-refractivity contribution in [2.45, 2.75) is 71.6 Å². The molecule has 2 rings (SSSR count). The average molecular weight is 261 g/mol. The molecule has 1 heterocycles. The normalized spacial score (nSPS) is 17.2. The Morgan fingerprint density at radius 1 is 1.05 bits per heavy atom. The van der Waals surface area contributed by atoms with Gasteiger partial charge < -0.3 is 5.32 Å². The Labute approximate surface area is 117 Å². The number of nitrogens with zero attached hydrogens (tertiary/aromatic N) is 2. The van der Waals surface area contributed by atoms with Gasteiger partial charge in [-0.05, 0) is 33.1 Å². The fraction of sp³-hybridized carbons (Fsp3) is 0.750. The molecule has 3 nitrogen and oxygen atoms in total. The highest BCUT2D eigenvalue weighted by Gasteiger charge is 2.19. The summed E-state index contributed by atoms with van der Waals surface area (Å²) in [5.74, 6) is 2.72. The summed E-state index contributed by atoms with van der Waals surface area (Å²) in [6, 6.07) is 0. The van der Waals surface area contributed by atoms with Crippen LogP contribution in [0.1, 0.15) is 75.4 Å². The quantitative estimate of drug-likeness (QED) is 0.825. The summed E-state index contributed by atoms with van der Waals surface area (Å²) in [4.78, 5) is 9.64. The molecule has 0 radical (unpaired) electrons. The van der Waals surface area contributed by atoms with Gasteiger partial charge in [-0.1, -0.05) is 32.6 Å². The van der Waals surface area contributed by atoms with Gasteiger partial charge >= 0.3 is 0 Å². The number of hydrogen-bond acceptors (Lipinski definition) is 3. The monoisotopic (exact) mass is 261 g/mol. The van der Waals surface area contributed by atoms with Crippen molar-refractivity contribution < 1.29 is 0 Å². The zero-order chi connectivity index (χ0) is 13.7. The van der Waals surface area contributed by atoms with E-state index < -0.39 is 0 Å². The lowest BCUT2D eigenvalue weighted by molar-refractivity contribution is 0.558. The molecule has 1 fully saturated rings. The first-order valence-electron chi connectivity index (χ1n) is 7.87. The Bertz CT molecular complexity index is 407. The van der Waals surface area contributed by atoms with E-state index in [-0.39, 0.29) is 0 Å². The van der Waals surface area contributed by atoms with Crippen molar-refractivity contribution in [3.8, 4) is 0 Å². The topological polar surface area (TPSA) is 37.8 Å². The molecular weight excluding hydrogens is 234 g/mol. The van der Waals surface area contributed by atoms with E-state index in [2.05, 4.69) is 26.1 Å². The molecule has 1 N–H and O–H groups in total. The van der Waals surface area contributed by atoms with E-state index in [9.17, 15) is 0 Å². The van der Waals surface area contributed by atoms with E-state index in [1.54, 1.807) is 0 Å². The number of nitrogens with one attached hydrogen (secondary N) is 1.